The number of fused-ring (bicyclic) bond motifs is 2. The van der Waals surface area contributed by atoms with E-state index in [1.807, 2.05) is 0 Å². The van der Waals surface area contributed by atoms with Crippen LogP contribution in [0, 0.1) is 23.7 Å². The van der Waals surface area contributed by atoms with Crippen LogP contribution in [0.2, 0.25) is 0 Å². The van der Waals surface area contributed by atoms with E-state index in [2.05, 4.69) is 37.5 Å². The lowest BCUT2D eigenvalue weighted by atomic mass is 9.82. The van der Waals surface area contributed by atoms with E-state index in [0.29, 0.717) is 24.5 Å². The van der Waals surface area contributed by atoms with Crippen LogP contribution in [0.4, 0.5) is 0 Å². The van der Waals surface area contributed by atoms with E-state index >= 15 is 0 Å². The van der Waals surface area contributed by atoms with Gasteiger partial charge in [0.2, 0.25) is 5.91 Å². The maximum atomic E-state index is 12.8. The van der Waals surface area contributed by atoms with Crippen molar-refractivity contribution < 1.29 is 4.79 Å². The lowest BCUT2D eigenvalue weighted by Gasteiger charge is -2.41. The summed E-state index contributed by atoms with van der Waals surface area (Å²) >= 11 is 0. The van der Waals surface area contributed by atoms with E-state index in [9.17, 15) is 4.79 Å². The van der Waals surface area contributed by atoms with Crippen LogP contribution >= 0.6 is 0 Å². The Bertz CT molecular complexity index is 398. The third kappa shape index (κ3) is 3.75. The molecule has 0 N–H and O–H groups in total. The molecule has 132 valence electrons. The summed E-state index contributed by atoms with van der Waals surface area (Å²) in [6.45, 7) is 12.0. The Balaban J connectivity index is 1.51. The Labute approximate surface area is 142 Å². The molecule has 2 atom stereocenters. The van der Waals surface area contributed by atoms with E-state index < -0.39 is 0 Å². The Kier molecular flexibility index (Phi) is 5.35. The fourth-order valence-electron chi connectivity index (χ4n) is 5.19. The molecule has 23 heavy (non-hydrogen) atoms. The number of amides is 1. The van der Waals surface area contributed by atoms with Crippen molar-refractivity contribution in [2.75, 3.05) is 19.6 Å². The molecule has 0 aliphatic carbocycles. The normalized spacial score (nSPS) is 33.0. The molecular formula is C20H36N2O. The van der Waals surface area contributed by atoms with Gasteiger partial charge in [-0.25, -0.2) is 0 Å². The van der Waals surface area contributed by atoms with Crippen molar-refractivity contribution in [1.82, 2.24) is 9.80 Å². The molecule has 3 rings (SSSR count). The predicted octanol–water partition coefficient (Wildman–Crippen LogP) is 3.78. The molecule has 3 heteroatoms. The first-order valence-electron chi connectivity index (χ1n) is 9.99. The van der Waals surface area contributed by atoms with Gasteiger partial charge in [-0.3, -0.25) is 9.69 Å². The minimum atomic E-state index is 0.395. The number of carbonyl (C=O) groups is 1. The van der Waals surface area contributed by atoms with Gasteiger partial charge in [-0.15, -0.1) is 0 Å². The van der Waals surface area contributed by atoms with Gasteiger partial charge in [-0.1, -0.05) is 27.7 Å². The summed E-state index contributed by atoms with van der Waals surface area (Å²) < 4.78 is 0. The highest BCUT2D eigenvalue weighted by atomic mass is 16.2. The Morgan fingerprint density at radius 2 is 1.39 bits per heavy atom. The number of hydrogen-bond acceptors (Lipinski definition) is 2. The van der Waals surface area contributed by atoms with Gasteiger partial charge in [-0.05, 0) is 62.2 Å². The zero-order valence-corrected chi connectivity index (χ0v) is 15.6. The van der Waals surface area contributed by atoms with Crippen LogP contribution in [-0.2, 0) is 4.79 Å². The molecule has 3 nitrogen and oxygen atoms in total. The highest BCUT2D eigenvalue weighted by molar-refractivity contribution is 5.78. The van der Waals surface area contributed by atoms with Gasteiger partial charge in [0.15, 0.2) is 0 Å². The average molecular weight is 321 g/mol. The molecule has 3 aliphatic rings. The fourth-order valence-corrected chi connectivity index (χ4v) is 5.19. The summed E-state index contributed by atoms with van der Waals surface area (Å²) in [5, 5.41) is 0. The van der Waals surface area contributed by atoms with Gasteiger partial charge in [0, 0.05) is 25.2 Å². The topological polar surface area (TPSA) is 23.6 Å². The van der Waals surface area contributed by atoms with Crippen LogP contribution in [0.1, 0.15) is 66.2 Å². The third-order valence-electron chi connectivity index (χ3n) is 7.02. The SMILES string of the molecule is CC(C)C1CCN(C(=O)CN2C3CCC2CC(C(C)C)C3)CC1. The van der Waals surface area contributed by atoms with E-state index in [-0.39, 0.29) is 0 Å². The van der Waals surface area contributed by atoms with Crippen molar-refractivity contribution in [2.45, 2.75) is 78.3 Å². The van der Waals surface area contributed by atoms with Crippen molar-refractivity contribution >= 4 is 5.91 Å². The number of hydrogen-bond donors (Lipinski definition) is 0. The van der Waals surface area contributed by atoms with Crippen molar-refractivity contribution in [3.63, 3.8) is 0 Å². The molecule has 1 amide bonds. The van der Waals surface area contributed by atoms with Crippen LogP contribution in [-0.4, -0.2) is 47.4 Å². The second-order valence-corrected chi connectivity index (χ2v) is 9.00. The highest BCUT2D eigenvalue weighted by Crippen LogP contribution is 2.41. The van der Waals surface area contributed by atoms with Crippen LogP contribution in [0.15, 0.2) is 0 Å². The molecule has 0 aromatic rings. The monoisotopic (exact) mass is 320 g/mol. The summed E-state index contributed by atoms with van der Waals surface area (Å²) in [7, 11) is 0. The zero-order valence-electron chi connectivity index (χ0n) is 15.6. The van der Waals surface area contributed by atoms with Gasteiger partial charge in [0.05, 0.1) is 6.54 Å². The number of carbonyl (C=O) groups excluding carboxylic acids is 1. The first-order chi connectivity index (χ1) is 11.0. The van der Waals surface area contributed by atoms with Gasteiger partial charge in [0.1, 0.15) is 0 Å². The van der Waals surface area contributed by atoms with Crippen LogP contribution in [0.25, 0.3) is 0 Å². The number of piperidine rings is 2. The lowest BCUT2D eigenvalue weighted by Crippen LogP contribution is -2.50. The number of nitrogens with zero attached hydrogens (tertiary/aromatic N) is 2. The average Bonchev–Trinajstić information content (AvgIpc) is 2.76. The fraction of sp³-hybridized carbons (Fsp3) is 0.950. The Morgan fingerprint density at radius 3 is 1.87 bits per heavy atom. The van der Waals surface area contributed by atoms with Crippen LogP contribution < -0.4 is 0 Å². The molecule has 3 heterocycles. The van der Waals surface area contributed by atoms with Crippen LogP contribution in [0.5, 0.6) is 0 Å². The molecular weight excluding hydrogens is 284 g/mol. The smallest absolute Gasteiger partial charge is 0.236 e. The second kappa shape index (κ2) is 7.13. The second-order valence-electron chi connectivity index (χ2n) is 9.00. The van der Waals surface area contributed by atoms with Gasteiger partial charge in [-0.2, -0.15) is 0 Å². The van der Waals surface area contributed by atoms with E-state index in [1.54, 1.807) is 0 Å². The molecule has 0 saturated carbocycles. The lowest BCUT2D eigenvalue weighted by molar-refractivity contribution is -0.135. The van der Waals surface area contributed by atoms with Crippen molar-refractivity contribution in [2.24, 2.45) is 23.7 Å². The molecule has 2 bridgehead atoms. The summed E-state index contributed by atoms with van der Waals surface area (Å²) in [5.74, 6) is 3.65. The first kappa shape index (κ1) is 17.3. The van der Waals surface area contributed by atoms with Gasteiger partial charge < -0.3 is 4.90 Å². The van der Waals surface area contributed by atoms with Crippen molar-refractivity contribution in [3.05, 3.63) is 0 Å². The number of likely N-dealkylation sites (tertiary alicyclic amines) is 1. The Morgan fingerprint density at radius 1 is 0.870 bits per heavy atom. The minimum absolute atomic E-state index is 0.395. The van der Waals surface area contributed by atoms with Crippen LogP contribution in [0.3, 0.4) is 0 Å². The quantitative estimate of drug-likeness (QED) is 0.787. The maximum Gasteiger partial charge on any atom is 0.236 e. The summed E-state index contributed by atoms with van der Waals surface area (Å²) in [5.41, 5.74) is 0. The molecule has 3 fully saturated rings. The summed E-state index contributed by atoms with van der Waals surface area (Å²) in [6.07, 6.45) is 7.66. The zero-order chi connectivity index (χ0) is 16.6. The minimum Gasteiger partial charge on any atom is -0.342 e. The molecule has 3 aliphatic heterocycles. The van der Waals surface area contributed by atoms with Gasteiger partial charge >= 0.3 is 0 Å². The third-order valence-corrected chi connectivity index (χ3v) is 7.02. The van der Waals surface area contributed by atoms with Crippen molar-refractivity contribution in [3.8, 4) is 0 Å². The highest BCUT2D eigenvalue weighted by Gasteiger charge is 2.42. The molecule has 0 aromatic heterocycles. The van der Waals surface area contributed by atoms with Gasteiger partial charge in [0.25, 0.3) is 0 Å². The molecule has 2 unspecified atom stereocenters. The molecule has 3 saturated heterocycles. The van der Waals surface area contributed by atoms with E-state index in [0.717, 1.165) is 36.8 Å². The van der Waals surface area contributed by atoms with E-state index in [1.165, 1.54) is 38.5 Å². The van der Waals surface area contributed by atoms with E-state index in [4.69, 9.17) is 0 Å². The molecule has 0 spiro atoms. The summed E-state index contributed by atoms with van der Waals surface area (Å²) in [4.78, 5) is 17.5. The largest absolute Gasteiger partial charge is 0.342 e. The molecule has 0 aromatic carbocycles. The number of rotatable bonds is 4. The Hall–Kier alpha value is -0.570. The summed E-state index contributed by atoms with van der Waals surface area (Å²) in [6, 6.07) is 1.36. The maximum absolute atomic E-state index is 12.8. The molecule has 0 radical (unpaired) electrons. The van der Waals surface area contributed by atoms with Crippen molar-refractivity contribution in [1.29, 1.82) is 0 Å². The first-order valence-corrected chi connectivity index (χ1v) is 9.99. The predicted molar refractivity (Wildman–Crippen MR) is 95.2 cm³/mol. The standard InChI is InChI=1S/C20H36N2O/c1-14(2)16-7-9-21(10-8-16)20(23)13-22-18-5-6-19(22)12-17(11-18)15(3)4/h14-19H,5-13H2,1-4H3.